The van der Waals surface area contributed by atoms with Crippen LogP contribution in [-0.2, 0) is 0 Å². The van der Waals surface area contributed by atoms with Gasteiger partial charge in [0.25, 0.3) is 5.91 Å². The Bertz CT molecular complexity index is 1060. The normalized spacial score (nSPS) is 15.6. The van der Waals surface area contributed by atoms with Crippen molar-refractivity contribution in [2.75, 3.05) is 21.3 Å². The van der Waals surface area contributed by atoms with E-state index in [9.17, 15) is 4.79 Å². The molecule has 3 aromatic rings. The average molecular weight is 423 g/mol. The maximum Gasteiger partial charge on any atom is 0.284 e. The Morgan fingerprint density at radius 2 is 1.73 bits per heavy atom. The summed E-state index contributed by atoms with van der Waals surface area (Å²) < 4.78 is 16.1. The van der Waals surface area contributed by atoms with E-state index in [4.69, 9.17) is 19.3 Å². The fourth-order valence-electron chi connectivity index (χ4n) is 3.50. The predicted molar refractivity (Wildman–Crippen MR) is 117 cm³/mol. The SMILES string of the molecule is COc1ccc([C@@H]2CC(c3ccc(OC)cc3OC)=NN2C(=O)c2cccs2)cc1. The van der Waals surface area contributed by atoms with Gasteiger partial charge >= 0.3 is 0 Å². The van der Waals surface area contributed by atoms with Crippen LogP contribution in [0.15, 0.2) is 65.1 Å². The van der Waals surface area contributed by atoms with E-state index >= 15 is 0 Å². The van der Waals surface area contributed by atoms with Gasteiger partial charge in [0.15, 0.2) is 0 Å². The third-order valence-electron chi connectivity index (χ3n) is 5.07. The molecule has 0 N–H and O–H groups in total. The number of methoxy groups -OCH3 is 3. The fraction of sp³-hybridized carbons (Fsp3) is 0.217. The molecule has 0 radical (unpaired) electrons. The molecule has 0 saturated carbocycles. The van der Waals surface area contributed by atoms with Gasteiger partial charge in [-0.3, -0.25) is 4.79 Å². The summed E-state index contributed by atoms with van der Waals surface area (Å²) >= 11 is 1.41. The van der Waals surface area contributed by atoms with Gasteiger partial charge in [0, 0.05) is 18.1 Å². The molecule has 2 heterocycles. The molecule has 1 aliphatic rings. The van der Waals surface area contributed by atoms with Crippen molar-refractivity contribution in [3.8, 4) is 17.2 Å². The topological polar surface area (TPSA) is 60.4 Å². The summed E-state index contributed by atoms with van der Waals surface area (Å²) in [5.74, 6) is 2.01. The Morgan fingerprint density at radius 1 is 1.00 bits per heavy atom. The van der Waals surface area contributed by atoms with E-state index in [1.54, 1.807) is 26.3 Å². The number of thiophene rings is 1. The lowest BCUT2D eigenvalue weighted by molar-refractivity contribution is 0.0716. The molecular formula is C23H22N2O4S. The second kappa shape index (κ2) is 8.59. The highest BCUT2D eigenvalue weighted by molar-refractivity contribution is 7.12. The van der Waals surface area contributed by atoms with Gasteiger partial charge in [-0.25, -0.2) is 5.01 Å². The van der Waals surface area contributed by atoms with Gasteiger partial charge in [0.2, 0.25) is 0 Å². The van der Waals surface area contributed by atoms with Gasteiger partial charge in [0.1, 0.15) is 17.2 Å². The minimum absolute atomic E-state index is 0.117. The highest BCUT2D eigenvalue weighted by Crippen LogP contribution is 2.37. The molecule has 0 fully saturated rings. The number of nitrogens with zero attached hydrogens (tertiary/aromatic N) is 2. The lowest BCUT2D eigenvalue weighted by Crippen LogP contribution is -2.26. The van der Waals surface area contributed by atoms with E-state index in [0.717, 1.165) is 22.6 Å². The number of rotatable bonds is 6. The fourth-order valence-corrected chi connectivity index (χ4v) is 4.15. The summed E-state index contributed by atoms with van der Waals surface area (Å²) in [6.07, 6.45) is 0.576. The molecule has 2 aromatic carbocycles. The Labute approximate surface area is 179 Å². The molecule has 0 bridgehead atoms. The van der Waals surface area contributed by atoms with Gasteiger partial charge in [-0.1, -0.05) is 18.2 Å². The molecule has 7 heteroatoms. The zero-order valence-corrected chi connectivity index (χ0v) is 17.8. The van der Waals surface area contributed by atoms with Crippen LogP contribution >= 0.6 is 11.3 Å². The van der Waals surface area contributed by atoms with Gasteiger partial charge in [0.05, 0.1) is 38.0 Å². The third kappa shape index (κ3) is 3.76. The molecule has 4 rings (SSSR count). The zero-order chi connectivity index (χ0) is 21.1. The van der Waals surface area contributed by atoms with Crippen molar-refractivity contribution in [1.29, 1.82) is 0 Å². The van der Waals surface area contributed by atoms with Gasteiger partial charge < -0.3 is 14.2 Å². The smallest absolute Gasteiger partial charge is 0.284 e. The molecule has 1 amide bonds. The van der Waals surface area contributed by atoms with Crippen LogP contribution in [0.25, 0.3) is 0 Å². The first-order valence-electron chi connectivity index (χ1n) is 9.45. The van der Waals surface area contributed by atoms with Crippen LogP contribution < -0.4 is 14.2 Å². The quantitative estimate of drug-likeness (QED) is 0.574. The standard InChI is InChI=1S/C23H22N2O4S/c1-27-16-8-6-15(7-9-16)20-14-19(18-11-10-17(28-2)13-21(18)29-3)24-25(20)23(26)22-5-4-12-30-22/h4-13,20H,14H2,1-3H3/t20-/m0/s1. The van der Waals surface area contributed by atoms with Gasteiger partial charge in [-0.2, -0.15) is 5.10 Å². The summed E-state index contributed by atoms with van der Waals surface area (Å²) in [5.41, 5.74) is 2.63. The minimum atomic E-state index is -0.215. The molecule has 0 aliphatic carbocycles. The van der Waals surface area contributed by atoms with E-state index in [0.29, 0.717) is 22.8 Å². The summed E-state index contributed by atoms with van der Waals surface area (Å²) in [5, 5.41) is 8.20. The Balaban J connectivity index is 1.74. The van der Waals surface area contributed by atoms with E-state index < -0.39 is 0 Å². The van der Waals surface area contributed by atoms with Gasteiger partial charge in [-0.05, 0) is 41.3 Å². The van der Waals surface area contributed by atoms with E-state index in [1.807, 2.05) is 60.0 Å². The lowest BCUT2D eigenvalue weighted by Gasteiger charge is -2.21. The minimum Gasteiger partial charge on any atom is -0.497 e. The monoisotopic (exact) mass is 422 g/mol. The number of hydrazone groups is 1. The van der Waals surface area contributed by atoms with E-state index in [-0.39, 0.29) is 11.9 Å². The second-order valence-corrected chi connectivity index (χ2v) is 7.68. The van der Waals surface area contributed by atoms with E-state index in [2.05, 4.69) is 0 Å². The molecule has 1 aromatic heterocycles. The van der Waals surface area contributed by atoms with Crippen molar-refractivity contribution in [2.24, 2.45) is 5.10 Å². The average Bonchev–Trinajstić information content (AvgIpc) is 3.49. The molecular weight excluding hydrogens is 400 g/mol. The Kier molecular flexibility index (Phi) is 5.72. The molecule has 0 unspecified atom stereocenters. The number of carbonyl (C=O) groups excluding carboxylic acids is 1. The van der Waals surface area contributed by atoms with Crippen molar-refractivity contribution in [3.05, 3.63) is 76.0 Å². The molecule has 1 atom stereocenters. The van der Waals surface area contributed by atoms with Crippen molar-refractivity contribution < 1.29 is 19.0 Å². The Hall–Kier alpha value is -3.32. The number of amides is 1. The zero-order valence-electron chi connectivity index (χ0n) is 17.0. The molecule has 30 heavy (non-hydrogen) atoms. The predicted octanol–water partition coefficient (Wildman–Crippen LogP) is 4.77. The van der Waals surface area contributed by atoms with Crippen molar-refractivity contribution in [1.82, 2.24) is 5.01 Å². The maximum atomic E-state index is 13.2. The van der Waals surface area contributed by atoms with Gasteiger partial charge in [-0.15, -0.1) is 11.3 Å². The first-order chi connectivity index (χ1) is 14.6. The number of carbonyl (C=O) groups is 1. The van der Waals surface area contributed by atoms with Crippen LogP contribution in [0.5, 0.6) is 17.2 Å². The van der Waals surface area contributed by atoms with E-state index in [1.165, 1.54) is 11.3 Å². The number of benzene rings is 2. The number of hydrogen-bond acceptors (Lipinski definition) is 6. The first kappa shape index (κ1) is 20.0. The molecule has 0 spiro atoms. The number of ether oxygens (including phenoxy) is 3. The van der Waals surface area contributed by atoms with Crippen molar-refractivity contribution in [2.45, 2.75) is 12.5 Å². The second-order valence-electron chi connectivity index (χ2n) is 6.73. The molecule has 0 saturated heterocycles. The third-order valence-corrected chi connectivity index (χ3v) is 5.93. The lowest BCUT2D eigenvalue weighted by atomic mass is 9.97. The van der Waals surface area contributed by atoms with Crippen LogP contribution in [0.3, 0.4) is 0 Å². The van der Waals surface area contributed by atoms with Crippen LogP contribution in [0, 0.1) is 0 Å². The Morgan fingerprint density at radius 3 is 2.37 bits per heavy atom. The first-order valence-corrected chi connectivity index (χ1v) is 10.3. The molecule has 6 nitrogen and oxygen atoms in total. The highest BCUT2D eigenvalue weighted by Gasteiger charge is 2.35. The molecule has 154 valence electrons. The molecule has 1 aliphatic heterocycles. The highest BCUT2D eigenvalue weighted by atomic mass is 32.1. The van der Waals surface area contributed by atoms with Crippen LogP contribution in [-0.4, -0.2) is 38.0 Å². The van der Waals surface area contributed by atoms with Crippen molar-refractivity contribution >= 4 is 23.0 Å². The summed E-state index contributed by atoms with van der Waals surface area (Å²) in [4.78, 5) is 13.9. The van der Waals surface area contributed by atoms with Crippen LogP contribution in [0.4, 0.5) is 0 Å². The summed E-state index contributed by atoms with van der Waals surface area (Å²) in [7, 11) is 4.86. The van der Waals surface area contributed by atoms with Crippen LogP contribution in [0.2, 0.25) is 0 Å². The van der Waals surface area contributed by atoms with Crippen molar-refractivity contribution in [3.63, 3.8) is 0 Å². The summed E-state index contributed by atoms with van der Waals surface area (Å²) in [6, 6.07) is 16.8. The largest absolute Gasteiger partial charge is 0.497 e. The number of hydrogen-bond donors (Lipinski definition) is 0. The van der Waals surface area contributed by atoms with Crippen LogP contribution in [0.1, 0.15) is 33.3 Å². The maximum absolute atomic E-state index is 13.2. The summed E-state index contributed by atoms with van der Waals surface area (Å²) in [6.45, 7) is 0.